The van der Waals surface area contributed by atoms with E-state index in [0.29, 0.717) is 34.2 Å². The van der Waals surface area contributed by atoms with Gasteiger partial charge in [0.25, 0.3) is 17.7 Å². The first-order valence-electron chi connectivity index (χ1n) is 14.9. The number of nitrogens with zero attached hydrogens (tertiary/aromatic N) is 1. The van der Waals surface area contributed by atoms with Gasteiger partial charge in [-0.05, 0) is 98.1 Å². The first kappa shape index (κ1) is 33.5. The average molecular weight is 697 g/mol. The van der Waals surface area contributed by atoms with E-state index >= 15 is 0 Å². The van der Waals surface area contributed by atoms with Crippen LogP contribution < -0.4 is 20.9 Å². The van der Waals surface area contributed by atoms with Crippen molar-refractivity contribution in [3.8, 4) is 10.4 Å². The van der Waals surface area contributed by atoms with Gasteiger partial charge >= 0.3 is 6.18 Å². The number of allylic oxidation sites excluding steroid dienone is 3. The van der Waals surface area contributed by atoms with Crippen molar-refractivity contribution in [2.45, 2.75) is 32.5 Å². The van der Waals surface area contributed by atoms with Crippen molar-refractivity contribution in [2.24, 2.45) is 0 Å². The molecule has 49 heavy (non-hydrogen) atoms. The first-order valence-corrected chi connectivity index (χ1v) is 15.7. The van der Waals surface area contributed by atoms with Crippen LogP contribution in [-0.2, 0) is 11.2 Å². The van der Waals surface area contributed by atoms with Crippen molar-refractivity contribution in [1.29, 1.82) is 0 Å². The standard InChI is InChI=1S/C35H26F6N4O3S/c1-17-13-22(37)15-26(38)30(17)44-33(47)28-14-20-11-12-45(27-16-21(36)5-8-25(27)31(20)49-28)34(48)19-3-6-23(7-4-19)43-32(46)24-9-10-29(35(39,40)41)42-18(24)2/h3-10,13-16,18,42H,11-12H2,1-2H3,(H,43,46)(H,44,47). The van der Waals surface area contributed by atoms with E-state index in [0.717, 1.165) is 29.6 Å². The molecule has 7 nitrogen and oxygen atoms in total. The Hall–Kier alpha value is -5.37. The molecule has 4 aromatic rings. The molecule has 0 bridgehead atoms. The summed E-state index contributed by atoms with van der Waals surface area (Å²) in [5, 5.41) is 7.39. The molecule has 1 unspecified atom stereocenters. The molecule has 0 aliphatic carbocycles. The van der Waals surface area contributed by atoms with E-state index in [1.54, 1.807) is 6.07 Å². The Morgan fingerprint density at radius 1 is 0.898 bits per heavy atom. The number of benzene rings is 3. The summed E-state index contributed by atoms with van der Waals surface area (Å²) in [6.45, 7) is 3.02. The molecule has 1 aromatic heterocycles. The van der Waals surface area contributed by atoms with E-state index in [1.807, 2.05) is 0 Å². The highest BCUT2D eigenvalue weighted by molar-refractivity contribution is 7.17. The molecular formula is C35H26F6N4O3S. The monoisotopic (exact) mass is 696 g/mol. The molecule has 14 heteroatoms. The normalized spacial score (nSPS) is 15.6. The fourth-order valence-corrected chi connectivity index (χ4v) is 6.79. The molecular weight excluding hydrogens is 670 g/mol. The lowest BCUT2D eigenvalue weighted by Gasteiger charge is -2.25. The van der Waals surface area contributed by atoms with Gasteiger partial charge in [0, 0.05) is 39.9 Å². The van der Waals surface area contributed by atoms with Crippen molar-refractivity contribution in [2.75, 3.05) is 22.1 Å². The third-order valence-corrected chi connectivity index (χ3v) is 9.30. The fraction of sp³-hybridized carbons (Fsp3) is 0.171. The summed E-state index contributed by atoms with van der Waals surface area (Å²) < 4.78 is 81.5. The molecule has 3 amide bonds. The predicted octanol–water partition coefficient (Wildman–Crippen LogP) is 7.90. The molecule has 0 radical (unpaired) electrons. The van der Waals surface area contributed by atoms with Crippen LogP contribution in [0.3, 0.4) is 0 Å². The maximum atomic E-state index is 14.6. The lowest BCUT2D eigenvalue weighted by molar-refractivity contribution is -0.113. The highest BCUT2D eigenvalue weighted by Gasteiger charge is 2.37. The second-order valence-electron chi connectivity index (χ2n) is 11.5. The van der Waals surface area contributed by atoms with Crippen LogP contribution in [0.15, 0.2) is 84.1 Å². The maximum absolute atomic E-state index is 14.6. The Balaban J connectivity index is 1.21. The van der Waals surface area contributed by atoms with E-state index in [9.17, 15) is 40.7 Å². The van der Waals surface area contributed by atoms with Crippen LogP contribution >= 0.6 is 11.3 Å². The number of hydrogen-bond acceptors (Lipinski definition) is 5. The van der Waals surface area contributed by atoms with Gasteiger partial charge in [-0.15, -0.1) is 11.3 Å². The van der Waals surface area contributed by atoms with Crippen molar-refractivity contribution in [3.63, 3.8) is 0 Å². The van der Waals surface area contributed by atoms with Gasteiger partial charge in [-0.3, -0.25) is 14.4 Å². The molecule has 252 valence electrons. The van der Waals surface area contributed by atoms with E-state index in [4.69, 9.17) is 0 Å². The summed E-state index contributed by atoms with van der Waals surface area (Å²) in [5.74, 6) is -3.96. The quantitative estimate of drug-likeness (QED) is 0.185. The Bertz CT molecular complexity index is 2050. The van der Waals surface area contributed by atoms with Gasteiger partial charge in [-0.1, -0.05) is 0 Å². The van der Waals surface area contributed by atoms with Crippen molar-refractivity contribution < 1.29 is 40.7 Å². The minimum Gasteiger partial charge on any atom is -0.374 e. The molecule has 0 saturated heterocycles. The van der Waals surface area contributed by atoms with Crippen LogP contribution in [0.5, 0.6) is 0 Å². The van der Waals surface area contributed by atoms with Crippen LogP contribution in [-0.4, -0.2) is 36.5 Å². The Kier molecular flexibility index (Phi) is 8.84. The zero-order valence-electron chi connectivity index (χ0n) is 25.8. The molecule has 2 aliphatic rings. The minimum atomic E-state index is -4.58. The molecule has 3 heterocycles. The molecule has 0 spiro atoms. The second kappa shape index (κ2) is 12.9. The smallest absolute Gasteiger partial charge is 0.374 e. The summed E-state index contributed by atoms with van der Waals surface area (Å²) in [4.78, 5) is 42.0. The summed E-state index contributed by atoms with van der Waals surface area (Å²) in [5.41, 5.74) is 1.21. The summed E-state index contributed by atoms with van der Waals surface area (Å²) >= 11 is 1.09. The number of halogens is 6. The van der Waals surface area contributed by atoms with Crippen LogP contribution in [0, 0.1) is 24.4 Å². The highest BCUT2D eigenvalue weighted by Crippen LogP contribution is 2.42. The lowest BCUT2D eigenvalue weighted by Crippen LogP contribution is -2.39. The van der Waals surface area contributed by atoms with Crippen LogP contribution in [0.1, 0.15) is 38.1 Å². The van der Waals surface area contributed by atoms with Gasteiger partial charge in [-0.2, -0.15) is 13.2 Å². The fourth-order valence-electron chi connectivity index (χ4n) is 5.65. The number of amides is 3. The maximum Gasteiger partial charge on any atom is 0.430 e. The zero-order valence-corrected chi connectivity index (χ0v) is 26.6. The number of anilines is 3. The van der Waals surface area contributed by atoms with E-state index in [1.165, 1.54) is 61.2 Å². The number of carbonyl (C=O) groups is 3. The van der Waals surface area contributed by atoms with Crippen LogP contribution in [0.25, 0.3) is 10.4 Å². The summed E-state index contributed by atoms with van der Waals surface area (Å²) in [6, 6.07) is 12.4. The number of thiophene rings is 1. The Labute approximate surface area is 279 Å². The number of nitrogens with one attached hydrogen (secondary N) is 3. The van der Waals surface area contributed by atoms with Gasteiger partial charge in [0.15, 0.2) is 0 Å². The largest absolute Gasteiger partial charge is 0.430 e. The summed E-state index contributed by atoms with van der Waals surface area (Å²) in [7, 11) is 0. The number of aryl methyl sites for hydroxylation is 1. The number of rotatable bonds is 5. The Morgan fingerprint density at radius 2 is 1.63 bits per heavy atom. The van der Waals surface area contributed by atoms with Crippen LogP contribution in [0.2, 0.25) is 0 Å². The topological polar surface area (TPSA) is 90.5 Å². The molecule has 3 N–H and O–H groups in total. The van der Waals surface area contributed by atoms with Gasteiger partial charge < -0.3 is 20.9 Å². The summed E-state index contributed by atoms with van der Waals surface area (Å²) in [6.07, 6.45) is -2.38. The van der Waals surface area contributed by atoms with Gasteiger partial charge in [0.05, 0.1) is 22.3 Å². The third-order valence-electron chi connectivity index (χ3n) is 8.09. The van der Waals surface area contributed by atoms with E-state index < -0.39 is 53.1 Å². The van der Waals surface area contributed by atoms with Gasteiger partial charge in [-0.25, -0.2) is 13.2 Å². The molecule has 0 saturated carbocycles. The predicted molar refractivity (Wildman–Crippen MR) is 174 cm³/mol. The van der Waals surface area contributed by atoms with Gasteiger partial charge in [0.2, 0.25) is 0 Å². The molecule has 6 rings (SSSR count). The van der Waals surface area contributed by atoms with Crippen molar-refractivity contribution >= 4 is 46.1 Å². The minimum absolute atomic E-state index is 0.0854. The van der Waals surface area contributed by atoms with E-state index in [-0.39, 0.29) is 39.5 Å². The number of alkyl halides is 3. The molecule has 1 atom stereocenters. The SMILES string of the molecule is Cc1cc(F)cc(F)c1NC(=O)c1cc2c(s1)-c1ccc(F)cc1N(C(=O)c1ccc(NC(=O)C3=CC=C(C(F)(F)F)NC3C)cc1)CC2. The average Bonchev–Trinajstić information content (AvgIpc) is 3.40. The van der Waals surface area contributed by atoms with Gasteiger partial charge in [0.1, 0.15) is 23.1 Å². The first-order chi connectivity index (χ1) is 23.2. The van der Waals surface area contributed by atoms with Crippen LogP contribution in [0.4, 0.5) is 43.4 Å². The highest BCUT2D eigenvalue weighted by atomic mass is 32.1. The zero-order chi connectivity index (χ0) is 35.2. The molecule has 2 aliphatic heterocycles. The van der Waals surface area contributed by atoms with Crippen molar-refractivity contribution in [3.05, 3.63) is 123 Å². The van der Waals surface area contributed by atoms with Crippen molar-refractivity contribution in [1.82, 2.24) is 5.32 Å². The number of dihydropyridines is 1. The second-order valence-corrected chi connectivity index (χ2v) is 12.5. The molecule has 3 aromatic carbocycles. The number of hydrogen-bond donors (Lipinski definition) is 3. The number of fused-ring (bicyclic) bond motifs is 3. The number of carbonyl (C=O) groups excluding carboxylic acids is 3. The lowest BCUT2D eigenvalue weighted by atomic mass is 10.0. The third kappa shape index (κ3) is 6.81. The Morgan fingerprint density at radius 3 is 2.31 bits per heavy atom. The molecule has 0 fully saturated rings. The van der Waals surface area contributed by atoms with E-state index in [2.05, 4.69) is 16.0 Å².